The monoisotopic (exact) mass is 350 g/mol. The third-order valence-corrected chi connectivity index (χ3v) is 3.30. The standard InChI is InChI=1S/C15H15N3O6.H3N/c1-7-13(22)10(5-19)11(6-20)14(16-7)18-17-8-2-3-12(21)9(4-8)15(23)24;/h2-4,19-22H,5-6H2,1H3,(H,23,24);1H3. The average molecular weight is 350 g/mol. The lowest BCUT2D eigenvalue weighted by Crippen LogP contribution is -2.06. The Balaban J connectivity index is 0.00000312. The molecule has 10 nitrogen and oxygen atoms in total. The Morgan fingerprint density at radius 1 is 1.20 bits per heavy atom. The molecular formula is C15H18N4O6. The zero-order chi connectivity index (χ0) is 17.9. The molecule has 0 aliphatic heterocycles. The van der Waals surface area contributed by atoms with Crippen LogP contribution < -0.4 is 11.3 Å². The van der Waals surface area contributed by atoms with Gasteiger partial charge in [0.25, 0.3) is 0 Å². The van der Waals surface area contributed by atoms with Crippen molar-refractivity contribution in [3.63, 3.8) is 0 Å². The van der Waals surface area contributed by atoms with Gasteiger partial charge in [-0.25, -0.2) is 9.78 Å². The van der Waals surface area contributed by atoms with Gasteiger partial charge < -0.3 is 31.7 Å². The maximum atomic E-state index is 11.9. The number of pyridine rings is 1. The van der Waals surface area contributed by atoms with Crippen molar-refractivity contribution >= 4 is 17.5 Å². The molecular weight excluding hydrogens is 332 g/mol. The van der Waals surface area contributed by atoms with E-state index < -0.39 is 30.7 Å². The number of azo groups is 1. The van der Waals surface area contributed by atoms with Gasteiger partial charge in [0, 0.05) is 11.3 Å². The summed E-state index contributed by atoms with van der Waals surface area (Å²) in [6.07, 6.45) is 0. The van der Waals surface area contributed by atoms with Crippen LogP contribution in [0, 0.1) is 6.92 Å². The second-order valence-electron chi connectivity index (χ2n) is 4.83. The number of hydrogen-bond donors (Lipinski definition) is 5. The zero-order valence-corrected chi connectivity index (χ0v) is 13.6. The van der Waals surface area contributed by atoms with Gasteiger partial charge in [-0.2, -0.15) is 0 Å². The lowest BCUT2D eigenvalue weighted by atomic mass is 10.1. The summed E-state index contributed by atoms with van der Waals surface area (Å²) in [5.74, 6) is -2.28. The largest absolute Gasteiger partial charge is 0.871 e. The number of carbonyl (C=O) groups is 1. The number of aromatic nitrogens is 1. The first-order valence-corrected chi connectivity index (χ1v) is 6.78. The molecule has 0 atom stereocenters. The van der Waals surface area contributed by atoms with Crippen LogP contribution in [-0.4, -0.2) is 31.4 Å². The summed E-state index contributed by atoms with van der Waals surface area (Å²) in [4.78, 5) is 14.9. The number of aliphatic hydroxyl groups is 2. The van der Waals surface area contributed by atoms with E-state index in [2.05, 4.69) is 15.2 Å². The fourth-order valence-electron chi connectivity index (χ4n) is 2.05. The van der Waals surface area contributed by atoms with Gasteiger partial charge in [-0.1, -0.05) is 5.75 Å². The molecule has 0 radical (unpaired) electrons. The minimum Gasteiger partial charge on any atom is -0.871 e. The van der Waals surface area contributed by atoms with Gasteiger partial charge in [-0.05, 0) is 30.7 Å². The Morgan fingerprint density at radius 2 is 1.84 bits per heavy atom. The number of quaternary nitrogens is 1. The molecule has 8 N–H and O–H groups in total. The Kier molecular flexibility index (Phi) is 6.51. The van der Waals surface area contributed by atoms with Crippen molar-refractivity contribution in [2.75, 3.05) is 0 Å². The van der Waals surface area contributed by atoms with Crippen molar-refractivity contribution in [2.45, 2.75) is 20.1 Å². The molecule has 0 unspecified atom stereocenters. The summed E-state index contributed by atoms with van der Waals surface area (Å²) in [6.45, 7) is 0.288. The number of aliphatic hydroxyl groups excluding tert-OH is 2. The number of nitrogens with zero attached hydrogens (tertiary/aromatic N) is 3. The van der Waals surface area contributed by atoms with E-state index in [0.29, 0.717) is 0 Å². The first-order chi connectivity index (χ1) is 11.4. The van der Waals surface area contributed by atoms with E-state index in [9.17, 15) is 25.2 Å². The van der Waals surface area contributed by atoms with Gasteiger partial charge in [0.05, 0.1) is 18.9 Å². The van der Waals surface area contributed by atoms with Crippen LogP contribution in [0.15, 0.2) is 28.4 Å². The lowest BCUT2D eigenvalue weighted by molar-refractivity contribution is -0.271. The molecule has 0 spiro atoms. The van der Waals surface area contributed by atoms with Crippen molar-refractivity contribution in [1.29, 1.82) is 0 Å². The highest BCUT2D eigenvalue weighted by Crippen LogP contribution is 2.31. The van der Waals surface area contributed by atoms with E-state index in [1.165, 1.54) is 13.0 Å². The molecule has 1 heterocycles. The van der Waals surface area contributed by atoms with Crippen LogP contribution in [0.1, 0.15) is 27.2 Å². The molecule has 10 heteroatoms. The SMILES string of the molecule is Cc1nc(N=Nc2ccc(O)c(C(=O)O)c2)c(CO)c(CO)c1[O-].[NH4+]. The summed E-state index contributed by atoms with van der Waals surface area (Å²) in [7, 11) is 0. The predicted octanol–water partition coefficient (Wildman–Crippen LogP) is 1.64. The molecule has 0 amide bonds. The van der Waals surface area contributed by atoms with Crippen LogP contribution in [0.3, 0.4) is 0 Å². The topological polar surface area (TPSA) is 195 Å². The molecule has 0 aliphatic carbocycles. The molecule has 1 aromatic carbocycles. The van der Waals surface area contributed by atoms with E-state index in [4.69, 9.17) is 5.11 Å². The van der Waals surface area contributed by atoms with E-state index in [-0.39, 0.29) is 40.0 Å². The Labute approximate surface area is 142 Å². The van der Waals surface area contributed by atoms with Crippen molar-refractivity contribution in [2.24, 2.45) is 10.2 Å². The second-order valence-corrected chi connectivity index (χ2v) is 4.83. The molecule has 0 bridgehead atoms. The number of phenols is 1. The molecule has 0 saturated carbocycles. The van der Waals surface area contributed by atoms with Gasteiger partial charge in [-0.15, -0.1) is 10.2 Å². The summed E-state index contributed by atoms with van der Waals surface area (Å²) in [6, 6.07) is 3.61. The number of aryl methyl sites for hydroxylation is 1. The van der Waals surface area contributed by atoms with E-state index in [1.807, 2.05) is 0 Å². The number of rotatable bonds is 5. The molecule has 134 valence electrons. The fourth-order valence-corrected chi connectivity index (χ4v) is 2.05. The van der Waals surface area contributed by atoms with Gasteiger partial charge in [0.2, 0.25) is 0 Å². The van der Waals surface area contributed by atoms with Crippen molar-refractivity contribution in [1.82, 2.24) is 11.1 Å². The Hall–Kier alpha value is -3.08. The first-order valence-electron chi connectivity index (χ1n) is 6.78. The number of aromatic carboxylic acids is 1. The number of hydrogen-bond acceptors (Lipinski definition) is 8. The van der Waals surface area contributed by atoms with Crippen molar-refractivity contribution in [3.8, 4) is 11.5 Å². The van der Waals surface area contributed by atoms with E-state index in [1.54, 1.807) is 0 Å². The summed E-state index contributed by atoms with van der Waals surface area (Å²) < 4.78 is 0. The van der Waals surface area contributed by atoms with Crippen LogP contribution in [0.4, 0.5) is 11.5 Å². The fraction of sp³-hybridized carbons (Fsp3) is 0.200. The molecule has 1 aromatic heterocycles. The molecule has 0 saturated heterocycles. The average Bonchev–Trinajstić information content (AvgIpc) is 2.56. The maximum absolute atomic E-state index is 11.9. The second kappa shape index (κ2) is 8.15. The van der Waals surface area contributed by atoms with Gasteiger partial charge in [0.1, 0.15) is 11.3 Å². The van der Waals surface area contributed by atoms with Crippen LogP contribution in [0.5, 0.6) is 11.5 Å². The highest BCUT2D eigenvalue weighted by Gasteiger charge is 2.13. The van der Waals surface area contributed by atoms with Crippen LogP contribution in [0.25, 0.3) is 0 Å². The normalized spacial score (nSPS) is 10.7. The van der Waals surface area contributed by atoms with Crippen molar-refractivity contribution in [3.05, 3.63) is 40.6 Å². The number of carboxylic acids is 1. The maximum Gasteiger partial charge on any atom is 0.339 e. The number of benzene rings is 1. The molecule has 0 fully saturated rings. The third-order valence-electron chi connectivity index (χ3n) is 3.30. The summed E-state index contributed by atoms with van der Waals surface area (Å²) in [5.41, 5.74) is -0.0960. The van der Waals surface area contributed by atoms with Gasteiger partial charge in [-0.3, -0.25) is 0 Å². The quantitative estimate of drug-likeness (QED) is 0.505. The minimum atomic E-state index is -1.33. The van der Waals surface area contributed by atoms with E-state index in [0.717, 1.165) is 12.1 Å². The van der Waals surface area contributed by atoms with E-state index >= 15 is 0 Å². The number of aromatic hydroxyl groups is 1. The highest BCUT2D eigenvalue weighted by atomic mass is 16.4. The smallest absolute Gasteiger partial charge is 0.339 e. The molecule has 25 heavy (non-hydrogen) atoms. The van der Waals surface area contributed by atoms with Crippen LogP contribution in [0.2, 0.25) is 0 Å². The summed E-state index contributed by atoms with van der Waals surface area (Å²) >= 11 is 0. The van der Waals surface area contributed by atoms with Crippen LogP contribution in [-0.2, 0) is 13.2 Å². The third kappa shape index (κ3) is 4.07. The lowest BCUT2D eigenvalue weighted by Gasteiger charge is -2.18. The Bertz CT molecular complexity index is 822. The molecule has 2 aromatic rings. The first kappa shape index (κ1) is 20.0. The van der Waals surface area contributed by atoms with Crippen molar-refractivity contribution < 1.29 is 30.3 Å². The predicted molar refractivity (Wildman–Crippen MR) is 85.5 cm³/mol. The number of carboxylic acid groups (broad SMARTS) is 1. The zero-order valence-electron chi connectivity index (χ0n) is 13.6. The molecule has 0 aliphatic rings. The van der Waals surface area contributed by atoms with Gasteiger partial charge >= 0.3 is 5.97 Å². The Morgan fingerprint density at radius 3 is 2.40 bits per heavy atom. The molecule has 2 rings (SSSR count). The summed E-state index contributed by atoms with van der Waals surface area (Å²) in [5, 5.41) is 56.6. The van der Waals surface area contributed by atoms with Gasteiger partial charge in [0.15, 0.2) is 5.82 Å². The minimum absolute atomic E-state index is 0. The van der Waals surface area contributed by atoms with Crippen LogP contribution >= 0.6 is 0 Å². The highest BCUT2D eigenvalue weighted by molar-refractivity contribution is 5.91.